The lowest BCUT2D eigenvalue weighted by Crippen LogP contribution is -2.34. The average molecular weight is 305 g/mol. The number of sulfonamides is 1. The molecule has 0 atom stereocenters. The van der Waals surface area contributed by atoms with Gasteiger partial charge in [-0.2, -0.15) is 0 Å². The number of nitrogens with two attached hydrogens (primary N) is 1. The Kier molecular flexibility index (Phi) is 6.34. The van der Waals surface area contributed by atoms with Gasteiger partial charge in [-0.1, -0.05) is 0 Å². The largest absolute Gasteiger partial charge is 0.396 e. The lowest BCUT2D eigenvalue weighted by Gasteiger charge is -2.16. The fraction of sp³-hybridized carbons (Fsp3) is 0.500. The van der Waals surface area contributed by atoms with Crippen LogP contribution >= 0.6 is 0 Å². The van der Waals surface area contributed by atoms with Gasteiger partial charge in [0, 0.05) is 26.7 Å². The van der Waals surface area contributed by atoms with E-state index in [0.29, 0.717) is 19.7 Å². The highest BCUT2D eigenvalue weighted by atomic mass is 32.2. The van der Waals surface area contributed by atoms with E-state index >= 15 is 0 Å². The molecule has 1 rings (SSSR count). The predicted octanol–water partition coefficient (Wildman–Crippen LogP) is 0.264. The number of halogens is 1. The van der Waals surface area contributed by atoms with Crippen LogP contribution in [0.4, 0.5) is 10.1 Å². The number of nitrogens with zero attached hydrogens (tertiary/aromatic N) is 1. The van der Waals surface area contributed by atoms with E-state index < -0.39 is 15.8 Å². The van der Waals surface area contributed by atoms with Gasteiger partial charge in [0.1, 0.15) is 5.82 Å². The zero-order valence-electron chi connectivity index (χ0n) is 11.6. The van der Waals surface area contributed by atoms with Crippen molar-refractivity contribution in [2.75, 3.05) is 46.1 Å². The molecule has 114 valence electrons. The summed E-state index contributed by atoms with van der Waals surface area (Å²) in [7, 11) is -0.199. The van der Waals surface area contributed by atoms with Gasteiger partial charge in [-0.25, -0.2) is 17.5 Å². The van der Waals surface area contributed by atoms with Gasteiger partial charge in [0.2, 0.25) is 10.0 Å². The number of hydrogen-bond donors (Lipinski definition) is 2. The molecule has 0 amide bonds. The summed E-state index contributed by atoms with van der Waals surface area (Å²) in [6, 6.07) is 3.32. The van der Waals surface area contributed by atoms with E-state index in [1.54, 1.807) is 7.11 Å². The molecule has 3 N–H and O–H groups in total. The van der Waals surface area contributed by atoms with Crippen LogP contribution in [-0.4, -0.2) is 53.7 Å². The molecule has 0 aliphatic carbocycles. The molecular formula is C12H20FN3O3S. The first kappa shape index (κ1) is 16.8. The molecule has 0 fully saturated rings. The van der Waals surface area contributed by atoms with Crippen molar-refractivity contribution in [2.24, 2.45) is 0 Å². The molecule has 20 heavy (non-hydrogen) atoms. The van der Waals surface area contributed by atoms with E-state index in [-0.39, 0.29) is 17.1 Å². The summed E-state index contributed by atoms with van der Waals surface area (Å²) in [5.74, 6) is -0.636. The number of nitrogens with one attached hydrogen (secondary N) is 1. The molecule has 0 saturated heterocycles. The van der Waals surface area contributed by atoms with Crippen LogP contribution in [0.5, 0.6) is 0 Å². The molecule has 1 aromatic rings. The maximum atomic E-state index is 13.0. The number of anilines is 1. The SMILES string of the molecule is COCCN(C)CCNS(=O)(=O)c1ccc(F)c(N)c1. The monoisotopic (exact) mass is 305 g/mol. The zero-order valence-corrected chi connectivity index (χ0v) is 12.4. The highest BCUT2D eigenvalue weighted by Crippen LogP contribution is 2.16. The highest BCUT2D eigenvalue weighted by molar-refractivity contribution is 7.89. The first-order valence-corrected chi connectivity index (χ1v) is 7.57. The number of benzene rings is 1. The third-order valence-corrected chi connectivity index (χ3v) is 4.20. The summed E-state index contributed by atoms with van der Waals surface area (Å²) < 4.78 is 44.3. The Morgan fingerprint density at radius 2 is 2.10 bits per heavy atom. The minimum atomic E-state index is -3.67. The topological polar surface area (TPSA) is 84.7 Å². The lowest BCUT2D eigenvalue weighted by molar-refractivity contribution is 0.162. The van der Waals surface area contributed by atoms with Crippen LogP contribution in [0, 0.1) is 5.82 Å². The minimum Gasteiger partial charge on any atom is -0.396 e. The van der Waals surface area contributed by atoms with E-state index in [0.717, 1.165) is 12.1 Å². The summed E-state index contributed by atoms with van der Waals surface area (Å²) in [4.78, 5) is 1.89. The summed E-state index contributed by atoms with van der Waals surface area (Å²) in [6.45, 7) is 2.08. The van der Waals surface area contributed by atoms with Gasteiger partial charge in [0.05, 0.1) is 17.2 Å². The molecule has 8 heteroatoms. The van der Waals surface area contributed by atoms with Gasteiger partial charge in [-0.05, 0) is 25.2 Å². The minimum absolute atomic E-state index is 0.0454. The van der Waals surface area contributed by atoms with Crippen LogP contribution in [0.25, 0.3) is 0 Å². The third kappa shape index (κ3) is 5.04. The normalized spacial score (nSPS) is 12.0. The maximum absolute atomic E-state index is 13.0. The van der Waals surface area contributed by atoms with E-state index in [2.05, 4.69) is 4.72 Å². The number of rotatable bonds is 8. The summed E-state index contributed by atoms with van der Waals surface area (Å²) >= 11 is 0. The second-order valence-electron chi connectivity index (χ2n) is 4.38. The molecule has 1 aromatic carbocycles. The van der Waals surface area contributed by atoms with Crippen molar-refractivity contribution in [3.05, 3.63) is 24.0 Å². The lowest BCUT2D eigenvalue weighted by atomic mass is 10.3. The average Bonchev–Trinajstić information content (AvgIpc) is 2.39. The number of nitrogen functional groups attached to an aromatic ring is 1. The Bertz CT molecular complexity index is 537. The molecule has 0 spiro atoms. The van der Waals surface area contributed by atoms with Gasteiger partial charge in [0.15, 0.2) is 0 Å². The van der Waals surface area contributed by atoms with Gasteiger partial charge in [0.25, 0.3) is 0 Å². The fourth-order valence-electron chi connectivity index (χ4n) is 1.50. The molecule has 6 nitrogen and oxygen atoms in total. The van der Waals surface area contributed by atoms with Crippen molar-refractivity contribution in [1.29, 1.82) is 0 Å². The van der Waals surface area contributed by atoms with Crippen LogP contribution in [0.1, 0.15) is 0 Å². The Morgan fingerprint density at radius 1 is 1.40 bits per heavy atom. The van der Waals surface area contributed by atoms with Crippen molar-refractivity contribution in [3.8, 4) is 0 Å². The summed E-state index contributed by atoms with van der Waals surface area (Å²) in [5, 5.41) is 0. The van der Waals surface area contributed by atoms with E-state index in [9.17, 15) is 12.8 Å². The van der Waals surface area contributed by atoms with Crippen molar-refractivity contribution in [2.45, 2.75) is 4.90 Å². The van der Waals surface area contributed by atoms with Crippen molar-refractivity contribution < 1.29 is 17.5 Å². The number of ether oxygens (including phenoxy) is 1. The summed E-state index contributed by atoms with van der Waals surface area (Å²) in [5.41, 5.74) is 5.17. The number of methoxy groups -OCH3 is 1. The Labute approximate surface area is 118 Å². The van der Waals surface area contributed by atoms with Crippen molar-refractivity contribution >= 4 is 15.7 Å². The second-order valence-corrected chi connectivity index (χ2v) is 6.14. The van der Waals surface area contributed by atoms with Gasteiger partial charge in [-0.3, -0.25) is 0 Å². The Morgan fingerprint density at radius 3 is 2.70 bits per heavy atom. The Balaban J connectivity index is 2.55. The van der Waals surface area contributed by atoms with Crippen LogP contribution in [-0.2, 0) is 14.8 Å². The molecular weight excluding hydrogens is 285 g/mol. The number of likely N-dealkylation sites (N-methyl/N-ethyl adjacent to an activating group) is 1. The zero-order chi connectivity index (χ0) is 15.2. The van der Waals surface area contributed by atoms with E-state index in [1.165, 1.54) is 6.07 Å². The van der Waals surface area contributed by atoms with E-state index in [4.69, 9.17) is 10.5 Å². The first-order chi connectivity index (χ1) is 9.36. The predicted molar refractivity (Wildman–Crippen MR) is 75.4 cm³/mol. The van der Waals surface area contributed by atoms with Crippen molar-refractivity contribution in [1.82, 2.24) is 9.62 Å². The number of hydrogen-bond acceptors (Lipinski definition) is 5. The molecule has 0 bridgehead atoms. The van der Waals surface area contributed by atoms with Crippen LogP contribution in [0.2, 0.25) is 0 Å². The molecule has 0 aliphatic rings. The smallest absolute Gasteiger partial charge is 0.240 e. The molecule has 0 saturated carbocycles. The van der Waals surface area contributed by atoms with Crippen LogP contribution in [0.15, 0.2) is 23.1 Å². The summed E-state index contributed by atoms with van der Waals surface area (Å²) in [6.07, 6.45) is 0. The molecule has 0 radical (unpaired) electrons. The highest BCUT2D eigenvalue weighted by Gasteiger charge is 2.15. The fourth-order valence-corrected chi connectivity index (χ4v) is 2.56. The molecule has 0 heterocycles. The molecule has 0 aromatic heterocycles. The third-order valence-electron chi connectivity index (χ3n) is 2.74. The van der Waals surface area contributed by atoms with Crippen LogP contribution < -0.4 is 10.5 Å². The second kappa shape index (κ2) is 7.53. The van der Waals surface area contributed by atoms with Gasteiger partial charge < -0.3 is 15.4 Å². The van der Waals surface area contributed by atoms with Gasteiger partial charge in [-0.15, -0.1) is 0 Å². The maximum Gasteiger partial charge on any atom is 0.240 e. The standard InChI is InChI=1S/C12H20FN3O3S/c1-16(7-8-19-2)6-5-15-20(17,18)10-3-4-11(13)12(14)9-10/h3-4,9,15H,5-8,14H2,1-2H3. The Hall–Kier alpha value is -1.22. The molecule has 0 unspecified atom stereocenters. The van der Waals surface area contributed by atoms with Crippen LogP contribution in [0.3, 0.4) is 0 Å². The molecule has 0 aliphatic heterocycles. The quantitative estimate of drug-likeness (QED) is 0.673. The van der Waals surface area contributed by atoms with Gasteiger partial charge >= 0.3 is 0 Å². The first-order valence-electron chi connectivity index (χ1n) is 6.09. The van der Waals surface area contributed by atoms with Crippen molar-refractivity contribution in [3.63, 3.8) is 0 Å². The van der Waals surface area contributed by atoms with E-state index in [1.807, 2.05) is 11.9 Å².